The van der Waals surface area contributed by atoms with E-state index in [9.17, 15) is 4.79 Å². The number of nitrogens with zero attached hydrogens (tertiary/aromatic N) is 3. The number of benzene rings is 2. The molecule has 2 aromatic carbocycles. The molecule has 156 valence electrons. The van der Waals surface area contributed by atoms with E-state index in [2.05, 4.69) is 22.6 Å². The van der Waals surface area contributed by atoms with Gasteiger partial charge in [-0.3, -0.25) is 9.78 Å². The molecule has 0 aliphatic rings. The third-order valence-electron chi connectivity index (χ3n) is 5.08. The molecule has 4 rings (SSSR count). The van der Waals surface area contributed by atoms with Gasteiger partial charge in [-0.05, 0) is 60.5 Å². The Morgan fingerprint density at radius 1 is 1.10 bits per heavy atom. The lowest BCUT2D eigenvalue weighted by Crippen LogP contribution is -2.14. The molecule has 5 nitrogen and oxygen atoms in total. The number of pyridine rings is 1. The Hall–Kier alpha value is -3.51. The van der Waals surface area contributed by atoms with Gasteiger partial charge in [-0.25, -0.2) is 4.98 Å². The summed E-state index contributed by atoms with van der Waals surface area (Å²) in [6.45, 7) is 2.08. The first kappa shape index (κ1) is 20.8. The maximum absolute atomic E-state index is 12.8. The Morgan fingerprint density at radius 3 is 2.74 bits per heavy atom. The highest BCUT2D eigenvalue weighted by atomic mass is 32.1. The number of aryl methyl sites for hydroxylation is 1. The Labute approximate surface area is 186 Å². The van der Waals surface area contributed by atoms with E-state index in [0.29, 0.717) is 5.56 Å². The van der Waals surface area contributed by atoms with Crippen molar-refractivity contribution in [2.75, 3.05) is 24.3 Å². The predicted molar refractivity (Wildman–Crippen MR) is 128 cm³/mol. The largest absolute Gasteiger partial charge is 0.378 e. The lowest BCUT2D eigenvalue weighted by Gasteiger charge is -2.14. The summed E-state index contributed by atoms with van der Waals surface area (Å²) >= 11 is 1.64. The standard InChI is InChI=1S/C25H24N4OS/c1-17-9-10-21(27-25(30)18-6-4-8-22(13-18)29(2)3)12-20(17)14-24-28-23(16-31-24)19-7-5-11-26-15-19/h4-13,15-16H,14H2,1-3H3,(H,27,30). The second kappa shape index (κ2) is 9.10. The van der Waals surface area contributed by atoms with Crippen LogP contribution in [0.15, 0.2) is 72.4 Å². The van der Waals surface area contributed by atoms with Crippen molar-refractivity contribution in [2.45, 2.75) is 13.3 Å². The van der Waals surface area contributed by atoms with Gasteiger partial charge in [0, 0.05) is 60.8 Å². The fraction of sp³-hybridized carbons (Fsp3) is 0.160. The van der Waals surface area contributed by atoms with Gasteiger partial charge < -0.3 is 10.2 Å². The normalized spacial score (nSPS) is 10.7. The number of aromatic nitrogens is 2. The summed E-state index contributed by atoms with van der Waals surface area (Å²) < 4.78 is 0. The summed E-state index contributed by atoms with van der Waals surface area (Å²) in [5, 5.41) is 6.12. The minimum Gasteiger partial charge on any atom is -0.378 e. The minimum atomic E-state index is -0.119. The van der Waals surface area contributed by atoms with Crippen molar-refractivity contribution in [1.29, 1.82) is 0 Å². The molecule has 0 aliphatic carbocycles. The zero-order valence-electron chi connectivity index (χ0n) is 17.8. The Balaban J connectivity index is 1.51. The Bertz CT molecular complexity index is 1200. The highest BCUT2D eigenvalue weighted by Crippen LogP contribution is 2.25. The van der Waals surface area contributed by atoms with Crippen molar-refractivity contribution in [3.05, 3.63) is 94.1 Å². The van der Waals surface area contributed by atoms with E-state index in [-0.39, 0.29) is 5.91 Å². The van der Waals surface area contributed by atoms with Crippen LogP contribution in [0.2, 0.25) is 0 Å². The number of hydrogen-bond acceptors (Lipinski definition) is 5. The van der Waals surface area contributed by atoms with Gasteiger partial charge in [-0.15, -0.1) is 11.3 Å². The Kier molecular flexibility index (Phi) is 6.09. The molecule has 2 aromatic heterocycles. The van der Waals surface area contributed by atoms with Crippen LogP contribution in [-0.2, 0) is 6.42 Å². The van der Waals surface area contributed by atoms with Crippen molar-refractivity contribution < 1.29 is 4.79 Å². The average molecular weight is 429 g/mol. The summed E-state index contributed by atoms with van der Waals surface area (Å²) in [5.74, 6) is -0.119. The molecule has 0 saturated carbocycles. The third kappa shape index (κ3) is 4.98. The van der Waals surface area contributed by atoms with Crippen LogP contribution in [0.5, 0.6) is 0 Å². The number of carbonyl (C=O) groups excluding carboxylic acids is 1. The molecule has 0 aliphatic heterocycles. The van der Waals surface area contributed by atoms with Gasteiger partial charge in [0.25, 0.3) is 5.91 Å². The molecule has 0 fully saturated rings. The van der Waals surface area contributed by atoms with Gasteiger partial charge in [-0.1, -0.05) is 12.1 Å². The SMILES string of the molecule is Cc1ccc(NC(=O)c2cccc(N(C)C)c2)cc1Cc1nc(-c2cccnc2)cs1. The molecule has 0 atom stereocenters. The van der Waals surface area contributed by atoms with Crippen LogP contribution in [0.4, 0.5) is 11.4 Å². The van der Waals surface area contributed by atoms with E-state index in [4.69, 9.17) is 4.98 Å². The molecule has 1 amide bonds. The quantitative estimate of drug-likeness (QED) is 0.445. The van der Waals surface area contributed by atoms with Gasteiger partial charge in [-0.2, -0.15) is 0 Å². The fourth-order valence-corrected chi connectivity index (χ4v) is 4.10. The van der Waals surface area contributed by atoms with Gasteiger partial charge >= 0.3 is 0 Å². The highest BCUT2D eigenvalue weighted by Gasteiger charge is 2.11. The topological polar surface area (TPSA) is 58.1 Å². The summed E-state index contributed by atoms with van der Waals surface area (Å²) in [7, 11) is 3.92. The van der Waals surface area contributed by atoms with Crippen molar-refractivity contribution in [2.24, 2.45) is 0 Å². The first-order valence-corrected chi connectivity index (χ1v) is 10.9. The van der Waals surface area contributed by atoms with Crippen molar-refractivity contribution >= 4 is 28.6 Å². The molecule has 1 N–H and O–H groups in total. The van der Waals surface area contributed by atoms with Crippen LogP contribution in [0.1, 0.15) is 26.5 Å². The fourth-order valence-electron chi connectivity index (χ4n) is 3.27. The molecule has 0 spiro atoms. The smallest absolute Gasteiger partial charge is 0.255 e. The minimum absolute atomic E-state index is 0.119. The van der Waals surface area contributed by atoms with E-state index in [0.717, 1.165) is 39.6 Å². The van der Waals surface area contributed by atoms with Crippen LogP contribution < -0.4 is 10.2 Å². The van der Waals surface area contributed by atoms with Crippen LogP contribution in [-0.4, -0.2) is 30.0 Å². The molecule has 6 heteroatoms. The number of carbonyl (C=O) groups is 1. The predicted octanol–water partition coefficient (Wildman–Crippen LogP) is 5.42. The van der Waals surface area contributed by atoms with E-state index in [1.165, 1.54) is 5.56 Å². The lowest BCUT2D eigenvalue weighted by molar-refractivity contribution is 0.102. The second-order valence-corrected chi connectivity index (χ2v) is 8.53. The molecule has 0 unspecified atom stereocenters. The van der Waals surface area contributed by atoms with Gasteiger partial charge in [0.05, 0.1) is 10.7 Å². The van der Waals surface area contributed by atoms with E-state index in [1.807, 2.05) is 79.8 Å². The van der Waals surface area contributed by atoms with Crippen molar-refractivity contribution in [3.8, 4) is 11.3 Å². The van der Waals surface area contributed by atoms with Crippen LogP contribution in [0, 0.1) is 6.92 Å². The highest BCUT2D eigenvalue weighted by molar-refractivity contribution is 7.10. The van der Waals surface area contributed by atoms with E-state index < -0.39 is 0 Å². The van der Waals surface area contributed by atoms with Crippen molar-refractivity contribution in [3.63, 3.8) is 0 Å². The number of rotatable bonds is 6. The number of amides is 1. The lowest BCUT2D eigenvalue weighted by atomic mass is 10.0. The number of hydrogen-bond donors (Lipinski definition) is 1. The van der Waals surface area contributed by atoms with Crippen LogP contribution in [0.25, 0.3) is 11.3 Å². The number of thiazole rings is 1. The van der Waals surface area contributed by atoms with Crippen LogP contribution in [0.3, 0.4) is 0 Å². The summed E-state index contributed by atoms with van der Waals surface area (Å²) in [4.78, 5) is 23.7. The molecule has 31 heavy (non-hydrogen) atoms. The maximum Gasteiger partial charge on any atom is 0.255 e. The zero-order valence-corrected chi connectivity index (χ0v) is 18.6. The molecule has 0 saturated heterocycles. The molecule has 4 aromatic rings. The summed E-state index contributed by atoms with van der Waals surface area (Å²) in [6.07, 6.45) is 4.30. The molecule has 2 heterocycles. The first-order chi connectivity index (χ1) is 15.0. The first-order valence-electron chi connectivity index (χ1n) is 10.0. The molecular formula is C25H24N4OS. The summed E-state index contributed by atoms with van der Waals surface area (Å²) in [6, 6.07) is 17.5. The zero-order chi connectivity index (χ0) is 21.8. The molecule has 0 bridgehead atoms. The average Bonchev–Trinajstić information content (AvgIpc) is 3.25. The van der Waals surface area contributed by atoms with Gasteiger partial charge in [0.2, 0.25) is 0 Å². The third-order valence-corrected chi connectivity index (χ3v) is 5.93. The number of anilines is 2. The van der Waals surface area contributed by atoms with Crippen molar-refractivity contribution in [1.82, 2.24) is 9.97 Å². The second-order valence-electron chi connectivity index (χ2n) is 7.59. The Morgan fingerprint density at radius 2 is 1.97 bits per heavy atom. The summed E-state index contributed by atoms with van der Waals surface area (Å²) in [5.41, 5.74) is 6.68. The van der Waals surface area contributed by atoms with Gasteiger partial charge in [0.15, 0.2) is 0 Å². The monoisotopic (exact) mass is 428 g/mol. The van der Waals surface area contributed by atoms with E-state index >= 15 is 0 Å². The van der Waals surface area contributed by atoms with E-state index in [1.54, 1.807) is 17.5 Å². The van der Waals surface area contributed by atoms with Crippen LogP contribution >= 0.6 is 11.3 Å². The molecule has 0 radical (unpaired) electrons. The number of nitrogens with one attached hydrogen (secondary N) is 1. The molecular weight excluding hydrogens is 404 g/mol. The maximum atomic E-state index is 12.8. The van der Waals surface area contributed by atoms with Gasteiger partial charge in [0.1, 0.15) is 0 Å².